The minimum atomic E-state index is -0.569. The minimum absolute atomic E-state index is 0.316. The number of carbonyl (C=O) groups excluding carboxylic acids is 1. The molecule has 0 bridgehead atoms. The number of nitrogens with zero attached hydrogens (tertiary/aromatic N) is 2. The Bertz CT molecular complexity index is 1320. The highest BCUT2D eigenvalue weighted by Gasteiger charge is 2.22. The predicted octanol–water partition coefficient (Wildman–Crippen LogP) is 5.60. The molecule has 1 amide bonds. The van der Waals surface area contributed by atoms with Crippen LogP contribution in [0.4, 0.5) is 0 Å². The summed E-state index contributed by atoms with van der Waals surface area (Å²) in [6, 6.07) is 11.1. The molecule has 0 spiro atoms. The molecule has 0 fully saturated rings. The fourth-order valence-corrected chi connectivity index (χ4v) is 5.05. The van der Waals surface area contributed by atoms with Crippen LogP contribution >= 0.6 is 45.5 Å². The second-order valence-electron chi connectivity index (χ2n) is 6.88. The summed E-state index contributed by atoms with van der Waals surface area (Å²) in [5.74, 6) is 0.983. The van der Waals surface area contributed by atoms with Crippen LogP contribution in [0.1, 0.15) is 28.3 Å². The topological polar surface area (TPSA) is 88.6 Å². The van der Waals surface area contributed by atoms with Crippen LogP contribution in [-0.4, -0.2) is 29.7 Å². The summed E-state index contributed by atoms with van der Waals surface area (Å²) in [5, 5.41) is 1.32. The Hall–Kier alpha value is -2.50. The maximum Gasteiger partial charge on any atom is 0.262 e. The Kier molecular flexibility index (Phi) is 6.50. The molecule has 1 unspecified atom stereocenters. The van der Waals surface area contributed by atoms with Crippen LogP contribution in [0, 0.1) is 3.57 Å². The van der Waals surface area contributed by atoms with Crippen molar-refractivity contribution >= 4 is 62.5 Å². The fourth-order valence-electron chi connectivity index (χ4n) is 3.33. The molecule has 0 aliphatic rings. The van der Waals surface area contributed by atoms with Gasteiger partial charge in [-0.3, -0.25) is 9.36 Å². The summed E-state index contributed by atoms with van der Waals surface area (Å²) < 4.78 is 19.8. The zero-order valence-corrected chi connectivity index (χ0v) is 21.1. The molecule has 0 saturated carbocycles. The first-order chi connectivity index (χ1) is 15.3. The lowest BCUT2D eigenvalue weighted by Gasteiger charge is -2.16. The van der Waals surface area contributed by atoms with Gasteiger partial charge < -0.3 is 19.9 Å². The third-order valence-corrected chi connectivity index (χ3v) is 7.04. The van der Waals surface area contributed by atoms with E-state index in [0.29, 0.717) is 27.1 Å². The maximum atomic E-state index is 12.2. The van der Waals surface area contributed by atoms with Gasteiger partial charge in [0.25, 0.3) is 5.91 Å². The number of fused-ring (bicyclic) bond motifs is 1. The second-order valence-corrected chi connectivity index (χ2v) is 9.56. The van der Waals surface area contributed by atoms with E-state index >= 15 is 0 Å². The molecule has 2 aromatic carbocycles. The number of primary amides is 1. The molecule has 0 radical (unpaired) electrons. The molecule has 2 heterocycles. The van der Waals surface area contributed by atoms with Gasteiger partial charge in [-0.05, 0) is 47.7 Å². The van der Waals surface area contributed by atoms with Gasteiger partial charge in [0.15, 0.2) is 11.5 Å². The number of benzene rings is 2. The number of amides is 1. The van der Waals surface area contributed by atoms with Gasteiger partial charge in [-0.25, -0.2) is 4.98 Å². The zero-order chi connectivity index (χ0) is 23.0. The van der Waals surface area contributed by atoms with E-state index in [2.05, 4.69) is 27.6 Å². The highest BCUT2D eigenvalue weighted by atomic mass is 127. The molecule has 2 aromatic heterocycles. The number of aromatic nitrogens is 2. The Morgan fingerprint density at radius 1 is 1.16 bits per heavy atom. The number of rotatable bonds is 7. The summed E-state index contributed by atoms with van der Waals surface area (Å²) in [7, 11) is 3.15. The highest BCUT2D eigenvalue weighted by Crippen LogP contribution is 2.38. The van der Waals surface area contributed by atoms with Crippen LogP contribution in [0.5, 0.6) is 17.2 Å². The van der Waals surface area contributed by atoms with Crippen LogP contribution in [0.25, 0.3) is 16.0 Å². The number of thiophene rings is 1. The predicted molar refractivity (Wildman–Crippen MR) is 134 cm³/mol. The van der Waals surface area contributed by atoms with Gasteiger partial charge in [-0.1, -0.05) is 11.6 Å². The molecule has 2 N–H and O–H groups in total. The molecule has 0 aliphatic carbocycles. The first kappa shape index (κ1) is 22.7. The number of ether oxygens (including phenoxy) is 3. The Morgan fingerprint density at radius 3 is 2.56 bits per heavy atom. The van der Waals surface area contributed by atoms with Gasteiger partial charge in [-0.15, -0.1) is 11.3 Å². The number of hydrogen-bond donors (Lipinski definition) is 1. The van der Waals surface area contributed by atoms with Gasteiger partial charge in [0.05, 0.1) is 25.3 Å². The number of nitrogens with two attached hydrogens (primary N) is 1. The van der Waals surface area contributed by atoms with Crippen molar-refractivity contribution in [1.29, 1.82) is 0 Å². The van der Waals surface area contributed by atoms with Crippen LogP contribution in [0.3, 0.4) is 0 Å². The molecule has 4 rings (SSSR count). The summed E-state index contributed by atoms with van der Waals surface area (Å²) in [6.45, 7) is 1.88. The molecule has 32 heavy (non-hydrogen) atoms. The van der Waals surface area contributed by atoms with Crippen molar-refractivity contribution in [2.75, 3.05) is 14.2 Å². The van der Waals surface area contributed by atoms with Gasteiger partial charge in [0.1, 0.15) is 28.1 Å². The first-order valence-corrected chi connectivity index (χ1v) is 11.7. The number of methoxy groups -OCH3 is 2. The average Bonchev–Trinajstić information content (AvgIpc) is 3.37. The Morgan fingerprint density at radius 2 is 1.88 bits per heavy atom. The van der Waals surface area contributed by atoms with E-state index in [1.165, 1.54) is 11.3 Å². The molecular weight excluding hydrogens is 565 g/mol. The molecule has 0 saturated heterocycles. The fraction of sp³-hybridized carbons (Fsp3) is 0.182. The smallest absolute Gasteiger partial charge is 0.262 e. The van der Waals surface area contributed by atoms with Crippen molar-refractivity contribution in [1.82, 2.24) is 9.55 Å². The quantitative estimate of drug-likeness (QED) is 0.286. The molecule has 4 aromatic rings. The lowest BCUT2D eigenvalue weighted by Crippen LogP contribution is -2.12. The van der Waals surface area contributed by atoms with Crippen LogP contribution < -0.4 is 19.9 Å². The molecule has 166 valence electrons. The normalized spacial score (nSPS) is 12.0. The van der Waals surface area contributed by atoms with Crippen molar-refractivity contribution < 1.29 is 19.0 Å². The number of imidazole rings is 1. The molecule has 0 aliphatic heterocycles. The van der Waals surface area contributed by atoms with Crippen molar-refractivity contribution in [2.45, 2.75) is 13.0 Å². The molecule has 7 nitrogen and oxygen atoms in total. The van der Waals surface area contributed by atoms with E-state index in [9.17, 15) is 4.79 Å². The minimum Gasteiger partial charge on any atom is -0.493 e. The summed E-state index contributed by atoms with van der Waals surface area (Å²) in [5.41, 5.74) is 7.99. The van der Waals surface area contributed by atoms with Gasteiger partial charge >= 0.3 is 0 Å². The molecule has 1 atom stereocenters. The van der Waals surface area contributed by atoms with E-state index < -0.39 is 5.91 Å². The number of carbonyl (C=O) groups is 1. The van der Waals surface area contributed by atoms with E-state index in [-0.39, 0.29) is 6.10 Å². The maximum absolute atomic E-state index is 12.2. The zero-order valence-electron chi connectivity index (χ0n) is 17.4. The summed E-state index contributed by atoms with van der Waals surface area (Å²) in [6.07, 6.45) is 1.28. The third-order valence-electron chi connectivity index (χ3n) is 4.90. The van der Waals surface area contributed by atoms with E-state index in [1.807, 2.05) is 35.8 Å². The van der Waals surface area contributed by atoms with Crippen LogP contribution in [0.2, 0.25) is 5.02 Å². The highest BCUT2D eigenvalue weighted by molar-refractivity contribution is 14.1. The monoisotopic (exact) mass is 583 g/mol. The largest absolute Gasteiger partial charge is 0.493 e. The number of hydrogen-bond acceptors (Lipinski definition) is 6. The first-order valence-electron chi connectivity index (χ1n) is 9.47. The van der Waals surface area contributed by atoms with Crippen molar-refractivity contribution in [2.24, 2.45) is 5.73 Å². The van der Waals surface area contributed by atoms with E-state index in [1.54, 1.807) is 32.7 Å². The van der Waals surface area contributed by atoms with Gasteiger partial charge in [0, 0.05) is 32.4 Å². The van der Waals surface area contributed by atoms with Crippen LogP contribution in [0.15, 0.2) is 42.7 Å². The van der Waals surface area contributed by atoms with Gasteiger partial charge in [0.2, 0.25) is 0 Å². The van der Waals surface area contributed by atoms with E-state index in [4.69, 9.17) is 31.5 Å². The summed E-state index contributed by atoms with van der Waals surface area (Å²) in [4.78, 5) is 16.9. The molecular formula is C22H19ClIN3O4S. The second kappa shape index (κ2) is 9.16. The van der Waals surface area contributed by atoms with Gasteiger partial charge in [-0.2, -0.15) is 0 Å². The third kappa shape index (κ3) is 4.24. The Balaban J connectivity index is 1.75. The standard InChI is InChI=1S/C22H19ClIN3O4S/c1-11(13-6-12(24)4-5-14(13)23)31-19-9-20(32-21(19)22(25)28)27-10-26-15-7-17(29-2)18(30-3)8-16(15)27/h4-11H,1-3H3,(H2,25,28). The SMILES string of the molecule is COc1cc2ncn(-c3cc(OC(C)c4cc(I)ccc4Cl)c(C(N)=O)s3)c2cc1OC. The van der Waals surface area contributed by atoms with Crippen LogP contribution in [-0.2, 0) is 0 Å². The lowest BCUT2D eigenvalue weighted by atomic mass is 10.1. The summed E-state index contributed by atoms with van der Waals surface area (Å²) >= 11 is 9.80. The van der Waals surface area contributed by atoms with Crippen molar-refractivity contribution in [3.63, 3.8) is 0 Å². The lowest BCUT2D eigenvalue weighted by molar-refractivity contribution is 0.0998. The van der Waals surface area contributed by atoms with Crippen molar-refractivity contribution in [3.05, 3.63) is 61.8 Å². The van der Waals surface area contributed by atoms with Crippen molar-refractivity contribution in [3.8, 4) is 22.2 Å². The number of halogens is 2. The Labute approximate surface area is 207 Å². The average molecular weight is 584 g/mol. The molecule has 10 heteroatoms. The van der Waals surface area contributed by atoms with E-state index in [0.717, 1.165) is 25.2 Å².